The molecule has 174 valence electrons. The quantitative estimate of drug-likeness (QED) is 0.336. The Morgan fingerprint density at radius 2 is 1.82 bits per heavy atom. The first kappa shape index (κ1) is 23.0. The van der Waals surface area contributed by atoms with E-state index in [4.69, 9.17) is 9.47 Å². The Kier molecular flexibility index (Phi) is 6.36. The standard InChI is InChI=1S/C27H26N2O5/c1-16-12-17(2)26(34-4)20(13-16)24(30)22-23(19-9-5-6-10-21(19)33-3)29(27(32)25(22)31)15-18-8-7-11-28-14-18/h5-14,23,30H,15H2,1-4H3/b24-22+. The maximum atomic E-state index is 13.4. The summed E-state index contributed by atoms with van der Waals surface area (Å²) in [5.41, 5.74) is 3.40. The monoisotopic (exact) mass is 458 g/mol. The predicted octanol–water partition coefficient (Wildman–Crippen LogP) is 4.34. The van der Waals surface area contributed by atoms with Crippen LogP contribution >= 0.6 is 0 Å². The van der Waals surface area contributed by atoms with E-state index in [1.165, 1.54) is 19.1 Å². The molecule has 0 bridgehead atoms. The van der Waals surface area contributed by atoms with Gasteiger partial charge in [-0.3, -0.25) is 14.6 Å². The second-order valence-corrected chi connectivity index (χ2v) is 8.19. The van der Waals surface area contributed by atoms with Gasteiger partial charge in [0.15, 0.2) is 0 Å². The van der Waals surface area contributed by atoms with Gasteiger partial charge in [0.25, 0.3) is 11.7 Å². The number of amides is 1. The van der Waals surface area contributed by atoms with Crippen LogP contribution in [-0.2, 0) is 16.1 Å². The van der Waals surface area contributed by atoms with E-state index >= 15 is 0 Å². The highest BCUT2D eigenvalue weighted by Crippen LogP contribution is 2.44. The topological polar surface area (TPSA) is 89.0 Å². The third kappa shape index (κ3) is 4.01. The van der Waals surface area contributed by atoms with Crippen molar-refractivity contribution < 1.29 is 24.2 Å². The van der Waals surface area contributed by atoms with Crippen molar-refractivity contribution in [3.05, 3.63) is 94.3 Å². The highest BCUT2D eigenvalue weighted by Gasteiger charge is 2.47. The Morgan fingerprint density at radius 1 is 1.06 bits per heavy atom. The van der Waals surface area contributed by atoms with Gasteiger partial charge >= 0.3 is 0 Å². The molecule has 0 saturated carbocycles. The third-order valence-electron chi connectivity index (χ3n) is 5.93. The van der Waals surface area contributed by atoms with Crippen molar-refractivity contribution in [2.24, 2.45) is 0 Å². The van der Waals surface area contributed by atoms with Crippen LogP contribution in [0.1, 0.15) is 33.9 Å². The number of rotatable bonds is 6. The number of nitrogens with zero attached hydrogens (tertiary/aromatic N) is 2. The number of aliphatic hydroxyl groups excluding tert-OH is 1. The summed E-state index contributed by atoms with van der Waals surface area (Å²) in [7, 11) is 3.03. The minimum Gasteiger partial charge on any atom is -0.507 e. The SMILES string of the molecule is COc1ccccc1C1/C(=C(\O)c2cc(C)cc(C)c2OC)C(=O)C(=O)N1Cc1cccnc1. The molecule has 1 aromatic heterocycles. The number of Topliss-reactive ketones (excluding diaryl/α,β-unsaturated/α-hetero) is 1. The summed E-state index contributed by atoms with van der Waals surface area (Å²) in [5, 5.41) is 11.5. The molecule has 0 spiro atoms. The van der Waals surface area contributed by atoms with Gasteiger partial charge in [-0.2, -0.15) is 0 Å². The minimum absolute atomic E-state index is 0.0123. The summed E-state index contributed by atoms with van der Waals surface area (Å²) in [6.45, 7) is 3.89. The number of pyridine rings is 1. The molecule has 1 aliphatic heterocycles. The molecule has 2 heterocycles. The van der Waals surface area contributed by atoms with Crippen molar-refractivity contribution in [3.8, 4) is 11.5 Å². The fourth-order valence-electron chi connectivity index (χ4n) is 4.49. The van der Waals surface area contributed by atoms with Crippen LogP contribution in [0.5, 0.6) is 11.5 Å². The number of hydrogen-bond donors (Lipinski definition) is 1. The van der Waals surface area contributed by atoms with E-state index in [9.17, 15) is 14.7 Å². The smallest absolute Gasteiger partial charge is 0.295 e. The number of benzene rings is 2. The fourth-order valence-corrected chi connectivity index (χ4v) is 4.49. The normalized spacial score (nSPS) is 17.2. The Morgan fingerprint density at radius 3 is 2.50 bits per heavy atom. The molecule has 1 amide bonds. The number of para-hydroxylation sites is 1. The van der Waals surface area contributed by atoms with E-state index in [-0.39, 0.29) is 17.9 Å². The number of hydrogen-bond acceptors (Lipinski definition) is 6. The van der Waals surface area contributed by atoms with Gasteiger partial charge in [-0.1, -0.05) is 30.3 Å². The van der Waals surface area contributed by atoms with Gasteiger partial charge < -0.3 is 19.5 Å². The summed E-state index contributed by atoms with van der Waals surface area (Å²) in [6.07, 6.45) is 3.28. The highest BCUT2D eigenvalue weighted by atomic mass is 16.5. The van der Waals surface area contributed by atoms with Crippen molar-refractivity contribution in [2.45, 2.75) is 26.4 Å². The molecular formula is C27H26N2O5. The second kappa shape index (κ2) is 9.39. The lowest BCUT2D eigenvalue weighted by atomic mass is 9.93. The number of aliphatic hydroxyl groups is 1. The lowest BCUT2D eigenvalue weighted by Crippen LogP contribution is -2.29. The number of methoxy groups -OCH3 is 2. The average molecular weight is 459 g/mol. The zero-order valence-electron chi connectivity index (χ0n) is 19.5. The molecule has 1 N–H and O–H groups in total. The Bertz CT molecular complexity index is 1280. The molecule has 1 unspecified atom stereocenters. The molecule has 3 aromatic rings. The number of aryl methyl sites for hydroxylation is 2. The second-order valence-electron chi connectivity index (χ2n) is 8.19. The molecule has 1 aliphatic rings. The third-order valence-corrected chi connectivity index (χ3v) is 5.93. The van der Waals surface area contributed by atoms with Crippen molar-refractivity contribution in [1.82, 2.24) is 9.88 Å². The Hall–Kier alpha value is -4.13. The molecule has 34 heavy (non-hydrogen) atoms. The van der Waals surface area contributed by atoms with Crippen LogP contribution in [0.15, 0.2) is 66.5 Å². The predicted molar refractivity (Wildman–Crippen MR) is 128 cm³/mol. The first-order valence-corrected chi connectivity index (χ1v) is 10.8. The number of ketones is 1. The molecule has 0 radical (unpaired) electrons. The van der Waals surface area contributed by atoms with E-state index in [0.29, 0.717) is 22.6 Å². The van der Waals surface area contributed by atoms with Crippen LogP contribution in [0.4, 0.5) is 0 Å². The Balaban J connectivity index is 1.97. The van der Waals surface area contributed by atoms with Crippen molar-refractivity contribution in [3.63, 3.8) is 0 Å². The lowest BCUT2D eigenvalue weighted by Gasteiger charge is -2.26. The van der Waals surface area contributed by atoms with Crippen LogP contribution in [0.2, 0.25) is 0 Å². The van der Waals surface area contributed by atoms with E-state index < -0.39 is 17.7 Å². The van der Waals surface area contributed by atoms with Gasteiger partial charge in [-0.05, 0) is 48.7 Å². The maximum absolute atomic E-state index is 13.4. The summed E-state index contributed by atoms with van der Waals surface area (Å²) >= 11 is 0. The first-order chi connectivity index (χ1) is 16.4. The summed E-state index contributed by atoms with van der Waals surface area (Å²) < 4.78 is 11.1. The molecule has 4 rings (SSSR count). The molecule has 7 nitrogen and oxygen atoms in total. The number of ether oxygens (including phenoxy) is 2. The average Bonchev–Trinajstić information content (AvgIpc) is 3.08. The molecular weight excluding hydrogens is 432 g/mol. The zero-order chi connectivity index (χ0) is 24.4. The molecule has 0 aliphatic carbocycles. The van der Waals surface area contributed by atoms with E-state index in [1.54, 1.807) is 42.7 Å². The fraction of sp³-hybridized carbons (Fsp3) is 0.222. The van der Waals surface area contributed by atoms with Crippen LogP contribution < -0.4 is 9.47 Å². The molecule has 1 saturated heterocycles. The minimum atomic E-state index is -0.859. The van der Waals surface area contributed by atoms with Gasteiger partial charge in [0.1, 0.15) is 17.3 Å². The molecule has 2 aromatic carbocycles. The van der Waals surface area contributed by atoms with Gasteiger partial charge in [-0.25, -0.2) is 0 Å². The van der Waals surface area contributed by atoms with Crippen molar-refractivity contribution in [2.75, 3.05) is 14.2 Å². The van der Waals surface area contributed by atoms with Crippen molar-refractivity contribution in [1.29, 1.82) is 0 Å². The largest absolute Gasteiger partial charge is 0.507 e. The van der Waals surface area contributed by atoms with E-state index in [1.807, 2.05) is 32.0 Å². The van der Waals surface area contributed by atoms with Gasteiger partial charge in [0.05, 0.1) is 31.4 Å². The summed E-state index contributed by atoms with van der Waals surface area (Å²) in [5.74, 6) is -0.807. The molecule has 1 fully saturated rings. The summed E-state index contributed by atoms with van der Waals surface area (Å²) in [6, 6.07) is 13.6. The first-order valence-electron chi connectivity index (χ1n) is 10.8. The van der Waals surface area contributed by atoms with E-state index in [0.717, 1.165) is 16.7 Å². The van der Waals surface area contributed by atoms with E-state index in [2.05, 4.69) is 4.98 Å². The maximum Gasteiger partial charge on any atom is 0.295 e. The lowest BCUT2D eigenvalue weighted by molar-refractivity contribution is -0.140. The van der Waals surface area contributed by atoms with Gasteiger partial charge in [-0.15, -0.1) is 0 Å². The number of carbonyl (C=O) groups excluding carboxylic acids is 2. The Labute approximate surface area is 198 Å². The highest BCUT2D eigenvalue weighted by molar-refractivity contribution is 6.46. The molecule has 7 heteroatoms. The van der Waals surface area contributed by atoms with Crippen LogP contribution in [0, 0.1) is 13.8 Å². The number of carbonyl (C=O) groups is 2. The van der Waals surface area contributed by atoms with Gasteiger partial charge in [0, 0.05) is 24.5 Å². The van der Waals surface area contributed by atoms with Gasteiger partial charge in [0.2, 0.25) is 0 Å². The zero-order valence-corrected chi connectivity index (χ0v) is 19.5. The van der Waals surface area contributed by atoms with Crippen LogP contribution in [0.25, 0.3) is 5.76 Å². The number of aromatic nitrogens is 1. The number of likely N-dealkylation sites (tertiary alicyclic amines) is 1. The van der Waals surface area contributed by atoms with Crippen LogP contribution in [0.3, 0.4) is 0 Å². The summed E-state index contributed by atoms with van der Waals surface area (Å²) in [4.78, 5) is 32.2. The van der Waals surface area contributed by atoms with Crippen molar-refractivity contribution >= 4 is 17.4 Å². The molecule has 1 atom stereocenters. The van der Waals surface area contributed by atoms with Crippen LogP contribution in [-0.4, -0.2) is 40.9 Å².